The summed E-state index contributed by atoms with van der Waals surface area (Å²) in [6, 6.07) is 12.5. The average molecular weight is 521 g/mol. The maximum atomic E-state index is 13.7. The van der Waals surface area contributed by atoms with E-state index in [1.54, 1.807) is 41.3 Å². The Bertz CT molecular complexity index is 1210. The molecule has 2 aromatic rings. The molecule has 0 radical (unpaired) electrons. The van der Waals surface area contributed by atoms with E-state index in [2.05, 4.69) is 5.32 Å². The van der Waals surface area contributed by atoms with Crippen LogP contribution in [0.1, 0.15) is 49.7 Å². The normalized spacial score (nSPS) is 23.3. The quantitative estimate of drug-likeness (QED) is 0.415. The molecular weight excluding hydrogens is 488 g/mol. The van der Waals surface area contributed by atoms with Gasteiger partial charge in [0.15, 0.2) is 0 Å². The number of nitrogens with zero attached hydrogens (tertiary/aromatic N) is 3. The lowest BCUT2D eigenvalue weighted by Crippen LogP contribution is -2.62. The number of nitro benzene ring substituents is 1. The molecule has 10 nitrogen and oxygen atoms in total. The molecule has 1 aliphatic carbocycles. The predicted molar refractivity (Wildman–Crippen MR) is 139 cm³/mol. The number of nitrogens with one attached hydrogen (secondary N) is 1. The number of anilines is 1. The van der Waals surface area contributed by atoms with Crippen molar-refractivity contribution in [1.29, 1.82) is 0 Å². The Morgan fingerprint density at radius 2 is 1.82 bits per heavy atom. The Labute approximate surface area is 221 Å². The molecule has 5 rings (SSSR count). The standard InChI is InChI=1S/C28H32N4O6/c33-26(29-17-23-7-4-14-38-23)16-19-10-12-21(13-11-19)31-27(34)24-8-1-2-9-25(24)30(28(31)35)18-20-5-3-6-22(15-20)32(36)37/h3,5-6,10-13,15,23-25H,1-2,4,7-9,14,16-18H2,(H,29,33). The van der Waals surface area contributed by atoms with E-state index in [9.17, 15) is 24.5 Å². The van der Waals surface area contributed by atoms with Crippen molar-refractivity contribution in [2.24, 2.45) is 5.92 Å². The number of ether oxygens (including phenoxy) is 1. The highest BCUT2D eigenvalue weighted by Crippen LogP contribution is 2.37. The zero-order valence-corrected chi connectivity index (χ0v) is 21.2. The van der Waals surface area contributed by atoms with E-state index in [-0.39, 0.29) is 48.5 Å². The largest absolute Gasteiger partial charge is 0.376 e. The maximum Gasteiger partial charge on any atom is 0.331 e. The summed E-state index contributed by atoms with van der Waals surface area (Å²) < 4.78 is 5.54. The molecule has 2 aromatic carbocycles. The van der Waals surface area contributed by atoms with Gasteiger partial charge in [-0.1, -0.05) is 37.1 Å². The minimum atomic E-state index is -0.453. The number of carbonyl (C=O) groups excluding carboxylic acids is 3. The number of urea groups is 1. The Kier molecular flexibility index (Phi) is 7.69. The lowest BCUT2D eigenvalue weighted by Gasteiger charge is -2.46. The Morgan fingerprint density at radius 3 is 2.55 bits per heavy atom. The van der Waals surface area contributed by atoms with E-state index in [4.69, 9.17) is 4.74 Å². The van der Waals surface area contributed by atoms with Gasteiger partial charge in [-0.15, -0.1) is 0 Å². The molecule has 3 unspecified atom stereocenters. The number of imide groups is 1. The second-order valence-electron chi connectivity index (χ2n) is 10.3. The third-order valence-corrected chi connectivity index (χ3v) is 7.69. The summed E-state index contributed by atoms with van der Waals surface area (Å²) in [6.07, 6.45) is 5.50. The number of carbonyl (C=O) groups is 3. The van der Waals surface area contributed by atoms with Crippen molar-refractivity contribution in [3.63, 3.8) is 0 Å². The molecule has 3 atom stereocenters. The van der Waals surface area contributed by atoms with Gasteiger partial charge in [0.25, 0.3) is 5.69 Å². The van der Waals surface area contributed by atoms with Crippen LogP contribution in [0.15, 0.2) is 48.5 Å². The minimum Gasteiger partial charge on any atom is -0.376 e. The zero-order chi connectivity index (χ0) is 26.6. The van der Waals surface area contributed by atoms with Crippen LogP contribution in [0.25, 0.3) is 0 Å². The van der Waals surface area contributed by atoms with E-state index in [1.807, 2.05) is 0 Å². The number of non-ortho nitro benzene ring substituents is 1. The fourth-order valence-electron chi connectivity index (χ4n) is 5.73. The van der Waals surface area contributed by atoms with Crippen LogP contribution in [0.4, 0.5) is 16.2 Å². The fourth-order valence-corrected chi connectivity index (χ4v) is 5.73. The lowest BCUT2D eigenvalue weighted by molar-refractivity contribution is -0.384. The van der Waals surface area contributed by atoms with Crippen molar-refractivity contribution in [3.8, 4) is 0 Å². The SMILES string of the molecule is O=C(Cc1ccc(N2C(=O)C3CCCCC3N(Cc3cccc([N+](=O)[O-])c3)C2=O)cc1)NCC1CCCO1. The highest BCUT2D eigenvalue weighted by Gasteiger charge is 2.47. The van der Waals surface area contributed by atoms with E-state index < -0.39 is 11.0 Å². The summed E-state index contributed by atoms with van der Waals surface area (Å²) in [4.78, 5) is 53.3. The van der Waals surface area contributed by atoms with Crippen LogP contribution < -0.4 is 10.2 Å². The minimum absolute atomic E-state index is 0.0320. The monoisotopic (exact) mass is 520 g/mol. The summed E-state index contributed by atoms with van der Waals surface area (Å²) in [5.41, 5.74) is 1.85. The summed E-state index contributed by atoms with van der Waals surface area (Å²) in [7, 11) is 0. The second kappa shape index (κ2) is 11.3. The Balaban J connectivity index is 1.31. The number of hydrogen-bond donors (Lipinski definition) is 1. The first kappa shape index (κ1) is 25.8. The number of hydrogen-bond acceptors (Lipinski definition) is 6. The number of rotatable bonds is 8. The van der Waals surface area contributed by atoms with Gasteiger partial charge in [0.05, 0.1) is 29.1 Å². The highest BCUT2D eigenvalue weighted by atomic mass is 16.6. The molecule has 2 aliphatic heterocycles. The molecule has 2 saturated heterocycles. The summed E-state index contributed by atoms with van der Waals surface area (Å²) in [5.74, 6) is -0.632. The Morgan fingerprint density at radius 1 is 1.03 bits per heavy atom. The molecule has 1 N–H and O–H groups in total. The van der Waals surface area contributed by atoms with Crippen molar-refractivity contribution in [3.05, 3.63) is 69.8 Å². The number of amides is 4. The van der Waals surface area contributed by atoms with Gasteiger partial charge in [-0.25, -0.2) is 9.69 Å². The van der Waals surface area contributed by atoms with E-state index >= 15 is 0 Å². The van der Waals surface area contributed by atoms with Gasteiger partial charge in [0, 0.05) is 37.9 Å². The number of nitro groups is 1. The van der Waals surface area contributed by atoms with Gasteiger partial charge in [0.2, 0.25) is 11.8 Å². The molecule has 3 fully saturated rings. The molecule has 38 heavy (non-hydrogen) atoms. The summed E-state index contributed by atoms with van der Waals surface area (Å²) >= 11 is 0. The van der Waals surface area contributed by atoms with Crippen molar-refractivity contribution in [2.75, 3.05) is 18.1 Å². The van der Waals surface area contributed by atoms with Crippen molar-refractivity contribution < 1.29 is 24.0 Å². The smallest absolute Gasteiger partial charge is 0.331 e. The average Bonchev–Trinajstić information content (AvgIpc) is 3.45. The first-order valence-corrected chi connectivity index (χ1v) is 13.3. The van der Waals surface area contributed by atoms with Gasteiger partial charge in [-0.3, -0.25) is 19.7 Å². The van der Waals surface area contributed by atoms with Crippen LogP contribution in [0.5, 0.6) is 0 Å². The number of benzene rings is 2. The van der Waals surface area contributed by atoms with Crippen molar-refractivity contribution >= 4 is 29.2 Å². The molecule has 1 saturated carbocycles. The second-order valence-corrected chi connectivity index (χ2v) is 10.3. The first-order valence-electron chi connectivity index (χ1n) is 13.3. The molecule has 0 bridgehead atoms. The van der Waals surface area contributed by atoms with Gasteiger partial charge in [0.1, 0.15) is 0 Å². The first-order chi connectivity index (χ1) is 18.4. The van der Waals surface area contributed by atoms with Crippen LogP contribution in [0, 0.1) is 16.0 Å². The Hall–Kier alpha value is -3.79. The molecule has 4 amide bonds. The maximum absolute atomic E-state index is 13.7. The van der Waals surface area contributed by atoms with Gasteiger partial charge in [-0.05, 0) is 48.9 Å². The van der Waals surface area contributed by atoms with E-state index in [0.29, 0.717) is 24.2 Å². The van der Waals surface area contributed by atoms with Gasteiger partial charge < -0.3 is 15.0 Å². The van der Waals surface area contributed by atoms with E-state index in [1.165, 1.54) is 17.0 Å². The summed E-state index contributed by atoms with van der Waals surface area (Å²) in [6.45, 7) is 1.42. The predicted octanol–water partition coefficient (Wildman–Crippen LogP) is 3.96. The third-order valence-electron chi connectivity index (χ3n) is 7.69. The molecule has 3 aliphatic rings. The van der Waals surface area contributed by atoms with Crippen LogP contribution in [0.2, 0.25) is 0 Å². The summed E-state index contributed by atoms with van der Waals surface area (Å²) in [5, 5.41) is 14.2. The van der Waals surface area contributed by atoms with Gasteiger partial charge >= 0.3 is 6.03 Å². The van der Waals surface area contributed by atoms with Crippen LogP contribution in [-0.4, -0.2) is 53.0 Å². The van der Waals surface area contributed by atoms with Gasteiger partial charge in [-0.2, -0.15) is 0 Å². The molecule has 0 spiro atoms. The number of fused-ring (bicyclic) bond motifs is 1. The van der Waals surface area contributed by atoms with Crippen molar-refractivity contribution in [2.45, 2.75) is 63.6 Å². The molecule has 2 heterocycles. The topological polar surface area (TPSA) is 122 Å². The molecule has 200 valence electrons. The highest BCUT2D eigenvalue weighted by molar-refractivity contribution is 6.17. The van der Waals surface area contributed by atoms with Crippen LogP contribution in [-0.2, 0) is 27.3 Å². The van der Waals surface area contributed by atoms with Crippen LogP contribution in [0.3, 0.4) is 0 Å². The van der Waals surface area contributed by atoms with E-state index in [0.717, 1.165) is 44.3 Å². The molecule has 0 aromatic heterocycles. The molecular formula is C28H32N4O6. The lowest BCUT2D eigenvalue weighted by atomic mass is 9.81. The molecule has 10 heteroatoms. The van der Waals surface area contributed by atoms with Crippen molar-refractivity contribution in [1.82, 2.24) is 10.2 Å². The fraction of sp³-hybridized carbons (Fsp3) is 0.464. The van der Waals surface area contributed by atoms with Crippen LogP contribution >= 0.6 is 0 Å². The third kappa shape index (κ3) is 5.55. The zero-order valence-electron chi connectivity index (χ0n) is 21.2.